The van der Waals surface area contributed by atoms with Crippen molar-refractivity contribution in [2.75, 3.05) is 7.11 Å². The second kappa shape index (κ2) is 5.80. The first-order valence-electron chi connectivity index (χ1n) is 6.69. The van der Waals surface area contributed by atoms with Crippen LogP contribution < -0.4 is 4.74 Å². The standard InChI is InChI=1S/C15H20BrFO2/c1-15(6-4-3-5-7-15)14(18)10-8-11(16)12(17)9-13(10)19-2/h8-9,14,18H,3-7H2,1-2H3. The molecule has 1 aliphatic rings. The zero-order valence-electron chi connectivity index (χ0n) is 11.4. The summed E-state index contributed by atoms with van der Waals surface area (Å²) < 4.78 is 19.1. The summed E-state index contributed by atoms with van der Waals surface area (Å²) >= 11 is 3.18. The minimum absolute atomic E-state index is 0.150. The van der Waals surface area contributed by atoms with Gasteiger partial charge >= 0.3 is 0 Å². The van der Waals surface area contributed by atoms with Crippen LogP contribution in [0.5, 0.6) is 5.75 Å². The maximum absolute atomic E-state index is 13.5. The third-order valence-corrected chi connectivity index (χ3v) is 4.83. The van der Waals surface area contributed by atoms with Crippen molar-refractivity contribution in [3.63, 3.8) is 0 Å². The molecule has 2 rings (SSSR count). The van der Waals surface area contributed by atoms with Crippen molar-refractivity contribution in [2.45, 2.75) is 45.1 Å². The summed E-state index contributed by atoms with van der Waals surface area (Å²) in [6, 6.07) is 2.97. The molecule has 19 heavy (non-hydrogen) atoms. The Morgan fingerprint density at radius 3 is 2.53 bits per heavy atom. The van der Waals surface area contributed by atoms with E-state index in [0.717, 1.165) is 25.7 Å². The Labute approximate surface area is 122 Å². The molecule has 0 aliphatic heterocycles. The van der Waals surface area contributed by atoms with Gasteiger partial charge in [-0.15, -0.1) is 0 Å². The number of rotatable bonds is 3. The summed E-state index contributed by atoms with van der Waals surface area (Å²) in [4.78, 5) is 0. The molecule has 1 fully saturated rings. The van der Waals surface area contributed by atoms with Gasteiger partial charge in [-0.3, -0.25) is 0 Å². The molecule has 1 aromatic rings. The van der Waals surface area contributed by atoms with Gasteiger partial charge in [0.1, 0.15) is 11.6 Å². The van der Waals surface area contributed by atoms with E-state index in [9.17, 15) is 9.50 Å². The average molecular weight is 331 g/mol. The van der Waals surface area contributed by atoms with E-state index in [0.29, 0.717) is 15.8 Å². The minimum Gasteiger partial charge on any atom is -0.496 e. The predicted molar refractivity (Wildman–Crippen MR) is 76.8 cm³/mol. The van der Waals surface area contributed by atoms with Crippen LogP contribution in [0.3, 0.4) is 0 Å². The second-order valence-electron chi connectivity index (χ2n) is 5.63. The van der Waals surface area contributed by atoms with Crippen LogP contribution in [0, 0.1) is 11.2 Å². The van der Waals surface area contributed by atoms with E-state index in [2.05, 4.69) is 22.9 Å². The van der Waals surface area contributed by atoms with E-state index in [1.807, 2.05) is 0 Å². The lowest BCUT2D eigenvalue weighted by Crippen LogP contribution is -2.28. The van der Waals surface area contributed by atoms with Gasteiger partial charge in [-0.05, 0) is 40.3 Å². The van der Waals surface area contributed by atoms with Crippen molar-refractivity contribution in [3.8, 4) is 5.75 Å². The molecule has 1 saturated carbocycles. The van der Waals surface area contributed by atoms with Crippen LogP contribution in [-0.4, -0.2) is 12.2 Å². The Balaban J connectivity index is 2.37. The van der Waals surface area contributed by atoms with E-state index in [4.69, 9.17) is 4.74 Å². The molecule has 0 saturated heterocycles. The zero-order chi connectivity index (χ0) is 14.0. The summed E-state index contributed by atoms with van der Waals surface area (Å²) in [5.41, 5.74) is 0.517. The first kappa shape index (κ1) is 14.8. The van der Waals surface area contributed by atoms with Crippen LogP contribution in [-0.2, 0) is 0 Å². The average Bonchev–Trinajstić information content (AvgIpc) is 2.41. The zero-order valence-corrected chi connectivity index (χ0v) is 13.0. The number of methoxy groups -OCH3 is 1. The Morgan fingerprint density at radius 1 is 1.32 bits per heavy atom. The molecular weight excluding hydrogens is 311 g/mol. The van der Waals surface area contributed by atoms with Crippen LogP contribution in [0.2, 0.25) is 0 Å². The summed E-state index contributed by atoms with van der Waals surface area (Å²) in [6.07, 6.45) is 4.86. The molecule has 1 unspecified atom stereocenters. The highest BCUT2D eigenvalue weighted by molar-refractivity contribution is 9.10. The van der Waals surface area contributed by atoms with Gasteiger partial charge in [0.05, 0.1) is 17.7 Å². The van der Waals surface area contributed by atoms with E-state index in [-0.39, 0.29) is 11.2 Å². The van der Waals surface area contributed by atoms with Gasteiger partial charge in [-0.2, -0.15) is 0 Å². The summed E-state index contributed by atoms with van der Waals surface area (Å²) in [6.45, 7) is 2.10. The van der Waals surface area contributed by atoms with Crippen LogP contribution >= 0.6 is 15.9 Å². The maximum atomic E-state index is 13.5. The third-order valence-electron chi connectivity index (χ3n) is 4.22. The molecule has 0 bridgehead atoms. The molecular formula is C15H20BrFO2. The van der Waals surface area contributed by atoms with Crippen LogP contribution in [0.4, 0.5) is 4.39 Å². The fourth-order valence-corrected chi connectivity index (χ4v) is 3.30. The van der Waals surface area contributed by atoms with E-state index < -0.39 is 6.10 Å². The summed E-state index contributed by atoms with van der Waals surface area (Å²) in [5, 5.41) is 10.7. The number of ether oxygens (including phenoxy) is 1. The van der Waals surface area contributed by atoms with Crippen molar-refractivity contribution < 1.29 is 14.2 Å². The molecule has 1 aromatic carbocycles. The highest BCUT2D eigenvalue weighted by atomic mass is 79.9. The number of benzene rings is 1. The monoisotopic (exact) mass is 330 g/mol. The van der Waals surface area contributed by atoms with Crippen molar-refractivity contribution in [2.24, 2.45) is 5.41 Å². The SMILES string of the molecule is COc1cc(F)c(Br)cc1C(O)C1(C)CCCCC1. The fraction of sp³-hybridized carbons (Fsp3) is 0.600. The Morgan fingerprint density at radius 2 is 1.95 bits per heavy atom. The first-order chi connectivity index (χ1) is 8.98. The van der Waals surface area contributed by atoms with Crippen molar-refractivity contribution in [3.05, 3.63) is 28.0 Å². The topological polar surface area (TPSA) is 29.5 Å². The summed E-state index contributed by atoms with van der Waals surface area (Å²) in [7, 11) is 1.50. The Hall–Kier alpha value is -0.610. The maximum Gasteiger partial charge on any atom is 0.141 e. The molecule has 0 aromatic heterocycles. The van der Waals surface area contributed by atoms with Crippen LogP contribution in [0.15, 0.2) is 16.6 Å². The largest absolute Gasteiger partial charge is 0.496 e. The Kier molecular flexibility index (Phi) is 4.51. The molecule has 0 amide bonds. The Bertz CT molecular complexity index is 456. The molecule has 1 N–H and O–H groups in total. The number of aliphatic hydroxyl groups excluding tert-OH is 1. The van der Waals surface area contributed by atoms with Crippen molar-refractivity contribution in [1.29, 1.82) is 0 Å². The molecule has 2 nitrogen and oxygen atoms in total. The van der Waals surface area contributed by atoms with Gasteiger partial charge < -0.3 is 9.84 Å². The lowest BCUT2D eigenvalue weighted by Gasteiger charge is -2.38. The minimum atomic E-state index is -0.625. The van der Waals surface area contributed by atoms with Crippen LogP contribution in [0.25, 0.3) is 0 Å². The van der Waals surface area contributed by atoms with Gasteiger partial charge in [0.15, 0.2) is 0 Å². The van der Waals surface area contributed by atoms with Gasteiger partial charge in [0.25, 0.3) is 0 Å². The first-order valence-corrected chi connectivity index (χ1v) is 7.48. The predicted octanol–water partition coefficient (Wildman–Crippen LogP) is 4.60. The molecule has 0 radical (unpaired) electrons. The number of halogens is 2. The molecule has 1 aliphatic carbocycles. The third kappa shape index (κ3) is 2.95. The van der Waals surface area contributed by atoms with Gasteiger partial charge in [-0.25, -0.2) is 4.39 Å². The van der Waals surface area contributed by atoms with Gasteiger partial charge in [0.2, 0.25) is 0 Å². The second-order valence-corrected chi connectivity index (χ2v) is 6.48. The molecule has 0 heterocycles. The number of hydrogen-bond donors (Lipinski definition) is 1. The van der Waals surface area contributed by atoms with Crippen LogP contribution in [0.1, 0.15) is 50.7 Å². The number of hydrogen-bond acceptors (Lipinski definition) is 2. The van der Waals surface area contributed by atoms with E-state index >= 15 is 0 Å². The summed E-state index contributed by atoms with van der Waals surface area (Å²) in [5.74, 6) is 0.0431. The fourth-order valence-electron chi connectivity index (χ4n) is 2.94. The van der Waals surface area contributed by atoms with E-state index in [1.165, 1.54) is 19.6 Å². The molecule has 4 heteroatoms. The molecule has 0 spiro atoms. The smallest absolute Gasteiger partial charge is 0.141 e. The quantitative estimate of drug-likeness (QED) is 0.877. The molecule has 1 atom stereocenters. The molecule has 106 valence electrons. The lowest BCUT2D eigenvalue weighted by atomic mass is 9.70. The number of aliphatic hydroxyl groups is 1. The highest BCUT2D eigenvalue weighted by Crippen LogP contribution is 2.48. The van der Waals surface area contributed by atoms with Gasteiger partial charge in [0, 0.05) is 11.6 Å². The van der Waals surface area contributed by atoms with Crippen molar-refractivity contribution >= 4 is 15.9 Å². The van der Waals surface area contributed by atoms with Gasteiger partial charge in [-0.1, -0.05) is 26.2 Å². The lowest BCUT2D eigenvalue weighted by molar-refractivity contribution is 0.00660. The van der Waals surface area contributed by atoms with Crippen molar-refractivity contribution in [1.82, 2.24) is 0 Å². The van der Waals surface area contributed by atoms with E-state index in [1.54, 1.807) is 6.07 Å². The normalized spacial score (nSPS) is 20.1. The highest BCUT2D eigenvalue weighted by Gasteiger charge is 2.37.